The number of fused-ring (bicyclic) bond motifs is 1. The molecular formula is C31H37NO. The van der Waals surface area contributed by atoms with Gasteiger partial charge in [-0.15, -0.1) is 0 Å². The summed E-state index contributed by atoms with van der Waals surface area (Å²) in [4.78, 5) is 2.77. The Morgan fingerprint density at radius 2 is 1.55 bits per heavy atom. The highest BCUT2D eigenvalue weighted by Crippen LogP contribution is 2.57. The first-order chi connectivity index (χ1) is 16.4. The van der Waals surface area contributed by atoms with Gasteiger partial charge in [-0.3, -0.25) is 4.90 Å². The molecule has 0 spiro atoms. The van der Waals surface area contributed by atoms with Gasteiger partial charge in [-0.1, -0.05) is 73.5 Å². The van der Waals surface area contributed by atoms with Crippen LogP contribution in [0.2, 0.25) is 0 Å². The van der Waals surface area contributed by atoms with Gasteiger partial charge in [0, 0.05) is 31.3 Å². The van der Waals surface area contributed by atoms with Gasteiger partial charge in [0.15, 0.2) is 5.72 Å². The van der Waals surface area contributed by atoms with Crippen LogP contribution in [-0.4, -0.2) is 23.7 Å². The minimum Gasteiger partial charge on any atom is -0.472 e. The Morgan fingerprint density at radius 3 is 2.33 bits per heavy atom. The molecule has 2 heteroatoms. The molecule has 2 nitrogen and oxygen atoms in total. The summed E-state index contributed by atoms with van der Waals surface area (Å²) in [5.74, 6) is 2.29. The van der Waals surface area contributed by atoms with E-state index in [0.717, 1.165) is 6.42 Å². The number of hydrogen-bond acceptors (Lipinski definition) is 2. The summed E-state index contributed by atoms with van der Waals surface area (Å²) < 4.78 is 7.40. The second-order valence-corrected chi connectivity index (χ2v) is 10.5. The van der Waals surface area contributed by atoms with Crippen molar-refractivity contribution in [2.45, 2.75) is 75.9 Å². The van der Waals surface area contributed by atoms with E-state index in [9.17, 15) is 0 Å². The highest BCUT2D eigenvalue weighted by molar-refractivity contribution is 5.60. The Balaban J connectivity index is 1.51. The lowest BCUT2D eigenvalue weighted by molar-refractivity contribution is -0.202. The Hall–Kier alpha value is -2.32. The van der Waals surface area contributed by atoms with Gasteiger partial charge in [0.25, 0.3) is 0 Å². The van der Waals surface area contributed by atoms with Crippen LogP contribution in [0.3, 0.4) is 0 Å². The summed E-state index contributed by atoms with van der Waals surface area (Å²) in [7, 11) is 0. The lowest BCUT2D eigenvalue weighted by Gasteiger charge is -2.58. The van der Waals surface area contributed by atoms with Crippen LogP contribution in [0.25, 0.3) is 6.08 Å². The third-order valence-corrected chi connectivity index (χ3v) is 8.60. The highest BCUT2D eigenvalue weighted by atomic mass is 16.5. The molecule has 0 aromatic heterocycles. The minimum absolute atomic E-state index is 0.134. The largest absolute Gasteiger partial charge is 0.472 e. The number of ether oxygens (including phenoxy) is 1. The van der Waals surface area contributed by atoms with Crippen molar-refractivity contribution in [2.75, 3.05) is 13.1 Å². The van der Waals surface area contributed by atoms with Gasteiger partial charge in [0.1, 0.15) is 5.76 Å². The van der Waals surface area contributed by atoms with E-state index in [0.29, 0.717) is 11.8 Å². The second-order valence-electron chi connectivity index (χ2n) is 10.5. The molecule has 0 N–H and O–H groups in total. The molecule has 2 fully saturated rings. The number of benzene rings is 2. The number of hydrogen-bond donors (Lipinski definition) is 0. The van der Waals surface area contributed by atoms with Gasteiger partial charge in [-0.05, 0) is 73.3 Å². The van der Waals surface area contributed by atoms with Crippen molar-refractivity contribution >= 4 is 6.08 Å². The average Bonchev–Trinajstić information content (AvgIpc) is 2.89. The third-order valence-electron chi connectivity index (χ3n) is 8.60. The lowest BCUT2D eigenvalue weighted by atomic mass is 9.64. The average molecular weight is 440 g/mol. The number of likely N-dealkylation sites (tertiary alicyclic amines) is 1. The topological polar surface area (TPSA) is 12.5 Å². The van der Waals surface area contributed by atoms with Crippen LogP contribution in [0.5, 0.6) is 0 Å². The van der Waals surface area contributed by atoms with Crippen molar-refractivity contribution in [1.29, 1.82) is 0 Å². The fourth-order valence-electron chi connectivity index (χ4n) is 7.17. The Morgan fingerprint density at radius 1 is 0.788 bits per heavy atom. The third kappa shape index (κ3) is 3.87. The molecule has 172 valence electrons. The van der Waals surface area contributed by atoms with Crippen LogP contribution < -0.4 is 0 Å². The minimum atomic E-state index is -0.134. The Labute approximate surface area is 199 Å². The zero-order valence-corrected chi connectivity index (χ0v) is 19.8. The van der Waals surface area contributed by atoms with E-state index < -0.39 is 0 Å². The number of rotatable bonds is 3. The first-order valence-electron chi connectivity index (χ1n) is 13.3. The smallest absolute Gasteiger partial charge is 0.167 e. The van der Waals surface area contributed by atoms with Crippen LogP contribution in [0.1, 0.15) is 81.3 Å². The van der Waals surface area contributed by atoms with E-state index in [1.807, 2.05) is 0 Å². The van der Waals surface area contributed by atoms with E-state index in [1.54, 1.807) is 5.57 Å². The molecule has 6 rings (SSSR count). The van der Waals surface area contributed by atoms with Crippen molar-refractivity contribution in [2.24, 2.45) is 5.92 Å². The molecule has 4 aliphatic rings. The molecule has 0 unspecified atom stereocenters. The zero-order valence-electron chi connectivity index (χ0n) is 19.8. The molecule has 2 aromatic rings. The number of piperidine rings is 1. The molecule has 2 heterocycles. The van der Waals surface area contributed by atoms with Gasteiger partial charge in [-0.2, -0.15) is 0 Å². The lowest BCUT2D eigenvalue weighted by Crippen LogP contribution is -2.61. The quantitative estimate of drug-likeness (QED) is 0.486. The van der Waals surface area contributed by atoms with E-state index >= 15 is 0 Å². The molecule has 3 atom stereocenters. The summed E-state index contributed by atoms with van der Waals surface area (Å²) in [6.45, 7) is 2.39. The summed E-state index contributed by atoms with van der Waals surface area (Å²) in [6, 6.07) is 22.2. The second kappa shape index (κ2) is 9.14. The zero-order chi connectivity index (χ0) is 22.1. The van der Waals surface area contributed by atoms with Crippen molar-refractivity contribution in [3.8, 4) is 0 Å². The van der Waals surface area contributed by atoms with Crippen LogP contribution in [0.15, 0.2) is 77.6 Å². The molecule has 1 saturated heterocycles. The summed E-state index contributed by atoms with van der Waals surface area (Å²) in [6.07, 6.45) is 15.0. The predicted octanol–water partition coefficient (Wildman–Crippen LogP) is 7.69. The summed E-state index contributed by atoms with van der Waals surface area (Å²) >= 11 is 0. The van der Waals surface area contributed by atoms with Crippen molar-refractivity contribution < 1.29 is 4.74 Å². The maximum absolute atomic E-state index is 7.40. The fourth-order valence-corrected chi connectivity index (χ4v) is 7.17. The van der Waals surface area contributed by atoms with Gasteiger partial charge < -0.3 is 4.74 Å². The van der Waals surface area contributed by atoms with Crippen LogP contribution in [0, 0.1) is 5.92 Å². The monoisotopic (exact) mass is 439 g/mol. The van der Waals surface area contributed by atoms with Gasteiger partial charge >= 0.3 is 0 Å². The predicted molar refractivity (Wildman–Crippen MR) is 136 cm³/mol. The molecule has 0 radical (unpaired) electrons. The summed E-state index contributed by atoms with van der Waals surface area (Å²) in [5.41, 5.74) is 5.66. The van der Waals surface area contributed by atoms with E-state index in [-0.39, 0.29) is 5.72 Å². The SMILES string of the molecule is C(=C1/CCCC2=C1O[C@]1(N3CCCCC3)CCCC[C@@H]1[C@H]2c1ccccc1)/c1ccccc1. The molecule has 0 bridgehead atoms. The first kappa shape index (κ1) is 21.2. The molecular weight excluding hydrogens is 402 g/mol. The van der Waals surface area contributed by atoms with E-state index in [1.165, 1.54) is 93.3 Å². The van der Waals surface area contributed by atoms with Crippen molar-refractivity contribution in [3.05, 3.63) is 88.7 Å². The van der Waals surface area contributed by atoms with E-state index in [4.69, 9.17) is 4.74 Å². The van der Waals surface area contributed by atoms with Crippen molar-refractivity contribution in [3.63, 3.8) is 0 Å². The first-order valence-corrected chi connectivity index (χ1v) is 13.3. The Kier molecular flexibility index (Phi) is 5.88. The van der Waals surface area contributed by atoms with Gasteiger partial charge in [-0.25, -0.2) is 0 Å². The van der Waals surface area contributed by atoms with Crippen molar-refractivity contribution in [1.82, 2.24) is 4.90 Å². The molecule has 2 aromatic carbocycles. The molecule has 2 aliphatic heterocycles. The van der Waals surface area contributed by atoms with Gasteiger partial charge in [0.05, 0.1) is 0 Å². The summed E-state index contributed by atoms with van der Waals surface area (Å²) in [5, 5.41) is 0. The standard InChI is InChI=1S/C31H37NO/c1-4-13-24(14-5-1)23-26-17-12-18-27-29(25-15-6-2-7-16-25)28-19-8-9-20-31(28,33-30(26)27)32-21-10-3-11-22-32/h1-2,4-7,13-16,23,28-29H,3,8-12,17-22H2/b26-23+/t28-,29+,31-/m1/s1. The number of nitrogens with zero attached hydrogens (tertiary/aromatic N) is 1. The molecule has 1 saturated carbocycles. The maximum Gasteiger partial charge on any atom is 0.167 e. The molecule has 33 heavy (non-hydrogen) atoms. The maximum atomic E-state index is 7.40. The number of allylic oxidation sites excluding steroid dienone is 2. The van der Waals surface area contributed by atoms with Crippen LogP contribution in [-0.2, 0) is 4.74 Å². The molecule has 0 amide bonds. The normalized spacial score (nSPS) is 31.6. The molecule has 2 aliphatic carbocycles. The fraction of sp³-hybridized carbons (Fsp3) is 0.484. The highest BCUT2D eigenvalue weighted by Gasteiger charge is 2.55. The van der Waals surface area contributed by atoms with Crippen LogP contribution in [0.4, 0.5) is 0 Å². The van der Waals surface area contributed by atoms with Gasteiger partial charge in [0.2, 0.25) is 0 Å². The Bertz CT molecular complexity index is 1020. The van der Waals surface area contributed by atoms with Crippen LogP contribution >= 0.6 is 0 Å². The van der Waals surface area contributed by atoms with E-state index in [2.05, 4.69) is 71.6 Å².